The summed E-state index contributed by atoms with van der Waals surface area (Å²) < 4.78 is 10.3. The molecule has 0 aliphatic rings. The van der Waals surface area contributed by atoms with Crippen LogP contribution in [0.4, 0.5) is 5.69 Å². The first kappa shape index (κ1) is 19.3. The molecule has 0 unspecified atom stereocenters. The second-order valence-corrected chi connectivity index (χ2v) is 5.93. The number of carbonyl (C=O) groups excluding carboxylic acids is 2. The number of nitrogens with one attached hydrogen (secondary N) is 1. The van der Waals surface area contributed by atoms with Gasteiger partial charge in [0.1, 0.15) is 5.75 Å². The van der Waals surface area contributed by atoms with Gasteiger partial charge in [-0.3, -0.25) is 4.79 Å². The van der Waals surface area contributed by atoms with Crippen LogP contribution in [0.25, 0.3) is 0 Å². The Morgan fingerprint density at radius 2 is 1.85 bits per heavy atom. The Bertz CT molecular complexity index is 759. The molecule has 0 aliphatic heterocycles. The number of para-hydroxylation sites is 1. The third-order valence-electron chi connectivity index (χ3n) is 3.84. The first-order valence-electron chi connectivity index (χ1n) is 8.34. The van der Waals surface area contributed by atoms with Crippen molar-refractivity contribution in [1.82, 2.24) is 5.32 Å². The molecule has 1 amide bonds. The van der Waals surface area contributed by atoms with Gasteiger partial charge < -0.3 is 19.7 Å². The molecule has 26 heavy (non-hydrogen) atoms. The van der Waals surface area contributed by atoms with Crippen LogP contribution in [0.5, 0.6) is 5.75 Å². The Labute approximate surface area is 153 Å². The molecule has 6 nitrogen and oxygen atoms in total. The zero-order chi connectivity index (χ0) is 18.9. The lowest BCUT2D eigenvalue weighted by atomic mass is 10.1. The van der Waals surface area contributed by atoms with Crippen LogP contribution < -0.4 is 15.0 Å². The Morgan fingerprint density at radius 3 is 2.58 bits per heavy atom. The Hall–Kier alpha value is -3.02. The molecule has 2 rings (SSSR count). The number of methoxy groups -OCH3 is 1. The van der Waals surface area contributed by atoms with Gasteiger partial charge in [-0.25, -0.2) is 4.79 Å². The minimum atomic E-state index is -0.520. The van der Waals surface area contributed by atoms with Crippen LogP contribution in [0, 0.1) is 0 Å². The molecule has 138 valence electrons. The lowest BCUT2D eigenvalue weighted by Gasteiger charge is -2.13. The SMILES string of the molecule is COc1ccccc1CCNC(=O)COC(=O)c1cccc(N(C)C)c1. The van der Waals surface area contributed by atoms with E-state index in [2.05, 4.69) is 5.32 Å². The van der Waals surface area contributed by atoms with Crippen molar-refractivity contribution in [2.45, 2.75) is 6.42 Å². The second kappa shape index (κ2) is 9.46. The fourth-order valence-corrected chi connectivity index (χ4v) is 2.42. The van der Waals surface area contributed by atoms with E-state index in [1.165, 1.54) is 0 Å². The number of amides is 1. The number of hydrogen-bond acceptors (Lipinski definition) is 5. The molecule has 0 aliphatic carbocycles. The average molecular weight is 356 g/mol. The van der Waals surface area contributed by atoms with E-state index in [4.69, 9.17) is 9.47 Å². The van der Waals surface area contributed by atoms with Gasteiger partial charge in [0.05, 0.1) is 12.7 Å². The van der Waals surface area contributed by atoms with Crippen molar-refractivity contribution in [3.63, 3.8) is 0 Å². The van der Waals surface area contributed by atoms with E-state index in [0.717, 1.165) is 17.0 Å². The highest BCUT2D eigenvalue weighted by molar-refractivity contribution is 5.92. The van der Waals surface area contributed by atoms with Gasteiger partial charge in [-0.15, -0.1) is 0 Å². The van der Waals surface area contributed by atoms with Crippen molar-refractivity contribution in [3.05, 3.63) is 59.7 Å². The van der Waals surface area contributed by atoms with Gasteiger partial charge in [0, 0.05) is 26.3 Å². The predicted molar refractivity (Wildman–Crippen MR) is 101 cm³/mol. The predicted octanol–water partition coefficient (Wildman–Crippen LogP) is 2.28. The third-order valence-corrected chi connectivity index (χ3v) is 3.84. The molecule has 1 N–H and O–H groups in total. The molecule has 2 aromatic carbocycles. The minimum Gasteiger partial charge on any atom is -0.496 e. The van der Waals surface area contributed by atoms with E-state index >= 15 is 0 Å². The van der Waals surface area contributed by atoms with Crippen molar-refractivity contribution in [2.24, 2.45) is 0 Å². The first-order chi connectivity index (χ1) is 12.5. The number of nitrogens with zero attached hydrogens (tertiary/aromatic N) is 1. The number of hydrogen-bond donors (Lipinski definition) is 1. The molecule has 0 bridgehead atoms. The zero-order valence-corrected chi connectivity index (χ0v) is 15.3. The minimum absolute atomic E-state index is 0.309. The summed E-state index contributed by atoms with van der Waals surface area (Å²) in [6.07, 6.45) is 0.634. The average Bonchev–Trinajstić information content (AvgIpc) is 2.66. The Kier molecular flexibility index (Phi) is 7.02. The van der Waals surface area contributed by atoms with Crippen molar-refractivity contribution in [3.8, 4) is 5.75 Å². The summed E-state index contributed by atoms with van der Waals surface area (Å²) >= 11 is 0. The fourth-order valence-electron chi connectivity index (χ4n) is 2.42. The van der Waals surface area contributed by atoms with E-state index < -0.39 is 5.97 Å². The van der Waals surface area contributed by atoms with Gasteiger partial charge in [0.15, 0.2) is 6.61 Å². The number of rotatable bonds is 8. The lowest BCUT2D eigenvalue weighted by Crippen LogP contribution is -2.30. The van der Waals surface area contributed by atoms with Crippen LogP contribution >= 0.6 is 0 Å². The molecular weight excluding hydrogens is 332 g/mol. The van der Waals surface area contributed by atoms with E-state index in [1.807, 2.05) is 49.3 Å². The summed E-state index contributed by atoms with van der Waals surface area (Å²) in [5.41, 5.74) is 2.31. The summed E-state index contributed by atoms with van der Waals surface area (Å²) in [6, 6.07) is 14.7. The highest BCUT2D eigenvalue weighted by Crippen LogP contribution is 2.17. The standard InChI is InChI=1S/C20H24N2O4/c1-22(2)17-9-6-8-16(13-17)20(24)26-14-19(23)21-12-11-15-7-4-5-10-18(15)25-3/h4-10,13H,11-12,14H2,1-3H3,(H,21,23). The largest absolute Gasteiger partial charge is 0.496 e. The van der Waals surface area contributed by atoms with Crippen molar-refractivity contribution >= 4 is 17.6 Å². The molecule has 0 radical (unpaired) electrons. The molecule has 0 heterocycles. The molecule has 0 atom stereocenters. The number of anilines is 1. The molecule has 6 heteroatoms. The lowest BCUT2D eigenvalue weighted by molar-refractivity contribution is -0.124. The zero-order valence-electron chi connectivity index (χ0n) is 15.3. The van der Waals surface area contributed by atoms with Gasteiger partial charge in [-0.2, -0.15) is 0 Å². The molecule has 0 saturated heterocycles. The second-order valence-electron chi connectivity index (χ2n) is 5.93. The maximum Gasteiger partial charge on any atom is 0.338 e. The summed E-state index contributed by atoms with van der Waals surface area (Å²) in [7, 11) is 5.39. The van der Waals surface area contributed by atoms with Crippen LogP contribution in [0.2, 0.25) is 0 Å². The van der Waals surface area contributed by atoms with Crippen LogP contribution in [-0.2, 0) is 16.0 Å². The first-order valence-corrected chi connectivity index (χ1v) is 8.34. The topological polar surface area (TPSA) is 67.9 Å². The van der Waals surface area contributed by atoms with Crippen LogP contribution in [0.1, 0.15) is 15.9 Å². The van der Waals surface area contributed by atoms with E-state index in [1.54, 1.807) is 25.3 Å². The van der Waals surface area contributed by atoms with E-state index in [9.17, 15) is 9.59 Å². The van der Waals surface area contributed by atoms with Gasteiger partial charge in [-0.1, -0.05) is 24.3 Å². The van der Waals surface area contributed by atoms with Crippen LogP contribution in [-0.4, -0.2) is 46.2 Å². The van der Waals surface area contributed by atoms with E-state index in [0.29, 0.717) is 18.5 Å². The molecule has 0 saturated carbocycles. The molecule has 2 aromatic rings. The summed E-state index contributed by atoms with van der Waals surface area (Å²) in [5.74, 6) is -0.0699. The fraction of sp³-hybridized carbons (Fsp3) is 0.300. The summed E-state index contributed by atoms with van der Waals surface area (Å²) in [6.45, 7) is 0.129. The van der Waals surface area contributed by atoms with Crippen LogP contribution in [0.15, 0.2) is 48.5 Å². The van der Waals surface area contributed by atoms with Gasteiger partial charge in [-0.05, 0) is 36.2 Å². The van der Waals surface area contributed by atoms with Crippen LogP contribution in [0.3, 0.4) is 0 Å². The monoisotopic (exact) mass is 356 g/mol. The number of ether oxygens (including phenoxy) is 2. The normalized spacial score (nSPS) is 10.1. The molecular formula is C20H24N2O4. The molecule has 0 spiro atoms. The number of benzene rings is 2. The van der Waals surface area contributed by atoms with Crippen molar-refractivity contribution in [2.75, 3.05) is 39.3 Å². The summed E-state index contributed by atoms with van der Waals surface area (Å²) in [4.78, 5) is 25.8. The van der Waals surface area contributed by atoms with E-state index in [-0.39, 0.29) is 12.5 Å². The van der Waals surface area contributed by atoms with Crippen molar-refractivity contribution in [1.29, 1.82) is 0 Å². The number of carbonyl (C=O) groups is 2. The summed E-state index contributed by atoms with van der Waals surface area (Å²) in [5, 5.41) is 2.74. The highest BCUT2D eigenvalue weighted by atomic mass is 16.5. The van der Waals surface area contributed by atoms with Gasteiger partial charge >= 0.3 is 5.97 Å². The Morgan fingerprint density at radius 1 is 1.08 bits per heavy atom. The maximum absolute atomic E-state index is 12.1. The third kappa shape index (κ3) is 5.51. The van der Waals surface area contributed by atoms with Gasteiger partial charge in [0.25, 0.3) is 5.91 Å². The van der Waals surface area contributed by atoms with Gasteiger partial charge in [0.2, 0.25) is 0 Å². The molecule has 0 fully saturated rings. The maximum atomic E-state index is 12.1. The van der Waals surface area contributed by atoms with Crippen molar-refractivity contribution < 1.29 is 19.1 Å². The smallest absolute Gasteiger partial charge is 0.338 e. The number of esters is 1. The molecule has 0 aromatic heterocycles. The Balaban J connectivity index is 1.78. The quantitative estimate of drug-likeness (QED) is 0.735. The highest BCUT2D eigenvalue weighted by Gasteiger charge is 2.11.